The second-order valence-electron chi connectivity index (χ2n) is 11.9. The van der Waals surface area contributed by atoms with Gasteiger partial charge < -0.3 is 9.80 Å². The van der Waals surface area contributed by atoms with Crippen LogP contribution in [0.1, 0.15) is 57.4 Å². The largest absolute Gasteiger partial charge is 0.370 e. The monoisotopic (exact) mass is 504 g/mol. The van der Waals surface area contributed by atoms with E-state index in [1.165, 1.54) is 24.9 Å². The highest BCUT2D eigenvalue weighted by molar-refractivity contribution is 5.98. The van der Waals surface area contributed by atoms with E-state index in [0.29, 0.717) is 24.3 Å². The van der Waals surface area contributed by atoms with Crippen molar-refractivity contribution in [3.63, 3.8) is 0 Å². The van der Waals surface area contributed by atoms with E-state index >= 15 is 4.39 Å². The van der Waals surface area contributed by atoms with Crippen molar-refractivity contribution < 1.29 is 9.18 Å². The van der Waals surface area contributed by atoms with E-state index in [9.17, 15) is 4.79 Å². The first-order valence-electron chi connectivity index (χ1n) is 14.4. The predicted octanol–water partition coefficient (Wildman–Crippen LogP) is 5.30. The lowest BCUT2D eigenvalue weighted by Gasteiger charge is -2.46. The van der Waals surface area contributed by atoms with Gasteiger partial charge in [-0.15, -0.1) is 0 Å². The van der Waals surface area contributed by atoms with Crippen molar-refractivity contribution in [3.8, 4) is 0 Å². The van der Waals surface area contributed by atoms with Crippen molar-refractivity contribution >= 4 is 17.3 Å². The second kappa shape index (κ2) is 10.4. The first-order valence-corrected chi connectivity index (χ1v) is 14.4. The SMILES string of the molecule is C[C@H]1CCCN1[C@H]1CCN(c2ccc(N3CCCC4(CCN(Cc5ccccc5)CC4)C3=O)c(F)c2)C1. The molecular formula is C31H41FN4O. The van der Waals surface area contributed by atoms with E-state index in [0.717, 1.165) is 70.5 Å². The number of carbonyl (C=O) groups excluding carboxylic acids is 1. The normalized spacial score (nSPS) is 26.9. The predicted molar refractivity (Wildman–Crippen MR) is 147 cm³/mol. The number of amides is 1. The number of hydrogen-bond acceptors (Lipinski definition) is 4. The van der Waals surface area contributed by atoms with Gasteiger partial charge in [0.05, 0.1) is 11.1 Å². The van der Waals surface area contributed by atoms with Crippen molar-refractivity contribution in [1.29, 1.82) is 0 Å². The van der Waals surface area contributed by atoms with E-state index in [2.05, 4.69) is 45.9 Å². The molecule has 37 heavy (non-hydrogen) atoms. The molecule has 2 aromatic carbocycles. The molecule has 0 aromatic heterocycles. The molecule has 6 rings (SSSR count). The van der Waals surface area contributed by atoms with Crippen molar-refractivity contribution in [2.75, 3.05) is 49.1 Å². The molecule has 0 unspecified atom stereocenters. The maximum Gasteiger partial charge on any atom is 0.233 e. The van der Waals surface area contributed by atoms with Gasteiger partial charge in [-0.05, 0) is 95.3 Å². The number of carbonyl (C=O) groups is 1. The summed E-state index contributed by atoms with van der Waals surface area (Å²) in [6, 6.07) is 17.3. The average Bonchev–Trinajstić information content (AvgIpc) is 3.57. The van der Waals surface area contributed by atoms with E-state index in [1.807, 2.05) is 18.2 Å². The Labute approximate surface area is 221 Å². The van der Waals surface area contributed by atoms with Gasteiger partial charge in [-0.2, -0.15) is 0 Å². The Balaban J connectivity index is 1.11. The highest BCUT2D eigenvalue weighted by atomic mass is 19.1. The Morgan fingerprint density at radius 3 is 2.46 bits per heavy atom. The minimum atomic E-state index is -0.342. The topological polar surface area (TPSA) is 30.0 Å². The molecule has 4 saturated heterocycles. The van der Waals surface area contributed by atoms with Crippen LogP contribution in [0.5, 0.6) is 0 Å². The highest BCUT2D eigenvalue weighted by Crippen LogP contribution is 2.43. The minimum Gasteiger partial charge on any atom is -0.370 e. The molecule has 198 valence electrons. The Morgan fingerprint density at radius 1 is 0.919 bits per heavy atom. The fourth-order valence-corrected chi connectivity index (χ4v) is 7.40. The fraction of sp³-hybridized carbons (Fsp3) is 0.581. The quantitative estimate of drug-likeness (QED) is 0.553. The van der Waals surface area contributed by atoms with E-state index in [-0.39, 0.29) is 17.1 Å². The summed E-state index contributed by atoms with van der Waals surface area (Å²) in [6.45, 7) is 8.84. The summed E-state index contributed by atoms with van der Waals surface area (Å²) in [5.41, 5.74) is 2.38. The second-order valence-corrected chi connectivity index (χ2v) is 11.9. The van der Waals surface area contributed by atoms with Crippen LogP contribution < -0.4 is 9.80 Å². The van der Waals surface area contributed by atoms with Crippen LogP contribution in [0.15, 0.2) is 48.5 Å². The van der Waals surface area contributed by atoms with Crippen LogP contribution in [0.2, 0.25) is 0 Å². The molecule has 0 bridgehead atoms. The summed E-state index contributed by atoms with van der Waals surface area (Å²) in [4.78, 5) is 23.0. The number of hydrogen-bond donors (Lipinski definition) is 0. The molecule has 1 amide bonds. The van der Waals surface area contributed by atoms with Gasteiger partial charge in [-0.1, -0.05) is 30.3 Å². The molecule has 5 nitrogen and oxygen atoms in total. The van der Waals surface area contributed by atoms with Crippen molar-refractivity contribution in [2.24, 2.45) is 5.41 Å². The molecule has 2 atom stereocenters. The minimum absolute atomic E-state index is 0.133. The summed E-state index contributed by atoms with van der Waals surface area (Å²) >= 11 is 0. The number of rotatable bonds is 5. The molecule has 6 heteroatoms. The first-order chi connectivity index (χ1) is 18.0. The lowest BCUT2D eigenvalue weighted by atomic mass is 9.71. The van der Waals surface area contributed by atoms with Crippen LogP contribution in [0.3, 0.4) is 0 Å². The third-order valence-electron chi connectivity index (χ3n) is 9.62. The van der Waals surface area contributed by atoms with Crippen LogP contribution >= 0.6 is 0 Å². The molecule has 2 aromatic rings. The molecule has 0 saturated carbocycles. The summed E-state index contributed by atoms with van der Waals surface area (Å²) in [5, 5.41) is 0. The summed E-state index contributed by atoms with van der Waals surface area (Å²) in [6.07, 6.45) is 7.30. The molecule has 1 spiro atoms. The fourth-order valence-electron chi connectivity index (χ4n) is 7.40. The molecule has 4 heterocycles. The van der Waals surface area contributed by atoms with Gasteiger partial charge in [0.15, 0.2) is 0 Å². The van der Waals surface area contributed by atoms with Gasteiger partial charge in [0, 0.05) is 44.0 Å². The number of anilines is 2. The third-order valence-corrected chi connectivity index (χ3v) is 9.62. The number of piperidine rings is 2. The van der Waals surface area contributed by atoms with Crippen LogP contribution in [0.4, 0.5) is 15.8 Å². The molecule has 4 aliphatic heterocycles. The van der Waals surface area contributed by atoms with Gasteiger partial charge in [0.1, 0.15) is 5.82 Å². The van der Waals surface area contributed by atoms with E-state index in [4.69, 9.17) is 0 Å². The summed E-state index contributed by atoms with van der Waals surface area (Å²) in [7, 11) is 0. The third kappa shape index (κ3) is 4.90. The zero-order valence-corrected chi connectivity index (χ0v) is 22.2. The Kier molecular flexibility index (Phi) is 6.97. The number of benzene rings is 2. The Morgan fingerprint density at radius 2 is 1.73 bits per heavy atom. The van der Waals surface area contributed by atoms with E-state index in [1.54, 1.807) is 11.0 Å². The lowest BCUT2D eigenvalue weighted by Crippen LogP contribution is -2.53. The van der Waals surface area contributed by atoms with Crippen molar-refractivity contribution in [1.82, 2.24) is 9.80 Å². The van der Waals surface area contributed by atoms with Gasteiger partial charge in [-0.3, -0.25) is 14.6 Å². The van der Waals surface area contributed by atoms with Crippen LogP contribution in [-0.4, -0.2) is 67.1 Å². The van der Waals surface area contributed by atoms with Crippen LogP contribution in [0.25, 0.3) is 0 Å². The summed E-state index contributed by atoms with van der Waals surface area (Å²) < 4.78 is 15.5. The van der Waals surface area contributed by atoms with Crippen LogP contribution in [-0.2, 0) is 11.3 Å². The molecule has 4 fully saturated rings. The smallest absolute Gasteiger partial charge is 0.233 e. The number of likely N-dealkylation sites (tertiary alicyclic amines) is 2. The van der Waals surface area contributed by atoms with Gasteiger partial charge in [0.25, 0.3) is 0 Å². The standard InChI is InChI=1S/C31H41FN4O/c1-24-7-5-16-35(24)27-12-18-34(23-27)26-10-11-29(28(32)21-26)36-17-6-13-31(30(36)37)14-19-33(20-15-31)22-25-8-3-2-4-9-25/h2-4,8-11,21,24,27H,5-7,12-20,22-23H2,1H3/t24-,27-/m0/s1. The molecular weight excluding hydrogens is 463 g/mol. The first kappa shape index (κ1) is 24.9. The maximum atomic E-state index is 15.5. The molecule has 0 radical (unpaired) electrons. The Hall–Kier alpha value is -2.44. The van der Waals surface area contributed by atoms with Crippen LogP contribution in [0, 0.1) is 11.2 Å². The number of nitrogens with zero attached hydrogens (tertiary/aromatic N) is 4. The Bertz CT molecular complexity index is 1100. The maximum absolute atomic E-state index is 15.5. The molecule has 0 N–H and O–H groups in total. The van der Waals surface area contributed by atoms with Gasteiger partial charge >= 0.3 is 0 Å². The zero-order valence-electron chi connectivity index (χ0n) is 22.2. The lowest BCUT2D eigenvalue weighted by molar-refractivity contribution is -0.133. The van der Waals surface area contributed by atoms with Gasteiger partial charge in [-0.25, -0.2) is 4.39 Å². The highest BCUT2D eigenvalue weighted by Gasteiger charge is 2.46. The number of halogens is 1. The zero-order chi connectivity index (χ0) is 25.4. The van der Waals surface area contributed by atoms with Crippen molar-refractivity contribution in [3.05, 3.63) is 59.9 Å². The molecule has 4 aliphatic rings. The summed E-state index contributed by atoms with van der Waals surface area (Å²) in [5.74, 6) is -0.128. The van der Waals surface area contributed by atoms with E-state index < -0.39 is 0 Å². The molecule has 0 aliphatic carbocycles. The van der Waals surface area contributed by atoms with Crippen molar-refractivity contribution in [2.45, 2.75) is 70.5 Å². The van der Waals surface area contributed by atoms with Gasteiger partial charge in [0.2, 0.25) is 5.91 Å². The average molecular weight is 505 g/mol.